The highest BCUT2D eigenvalue weighted by Gasteiger charge is 2.15. The summed E-state index contributed by atoms with van der Waals surface area (Å²) in [7, 11) is 0. The van der Waals surface area contributed by atoms with E-state index in [-0.39, 0.29) is 30.2 Å². The minimum atomic E-state index is -0.551. The van der Waals surface area contributed by atoms with Gasteiger partial charge >= 0.3 is 0 Å². The molecule has 0 atom stereocenters. The highest BCUT2D eigenvalue weighted by Crippen LogP contribution is 2.39. The van der Waals surface area contributed by atoms with E-state index in [4.69, 9.17) is 4.74 Å². The molecule has 3 heterocycles. The van der Waals surface area contributed by atoms with Crippen LogP contribution in [0.1, 0.15) is 47.3 Å². The van der Waals surface area contributed by atoms with E-state index < -0.39 is 5.82 Å². The number of carbonyl (C=O) groups excluding carboxylic acids is 2. The lowest BCUT2D eigenvalue weighted by molar-refractivity contribution is -0.117. The van der Waals surface area contributed by atoms with Gasteiger partial charge in [0.25, 0.3) is 0 Å². The molecule has 41 heavy (non-hydrogen) atoms. The van der Waals surface area contributed by atoms with Crippen LogP contribution in [-0.2, 0) is 24.2 Å². The van der Waals surface area contributed by atoms with Crippen LogP contribution in [0.25, 0.3) is 20.8 Å². The minimum absolute atomic E-state index is 0.0523. The van der Waals surface area contributed by atoms with Crippen molar-refractivity contribution in [2.24, 2.45) is 0 Å². The molecule has 6 nitrogen and oxygen atoms in total. The Morgan fingerprint density at radius 1 is 0.927 bits per heavy atom. The summed E-state index contributed by atoms with van der Waals surface area (Å²) in [6.45, 7) is 5.37. The first-order chi connectivity index (χ1) is 19.9. The molecule has 0 bridgehead atoms. The lowest BCUT2D eigenvalue weighted by Crippen LogP contribution is -2.13. The first kappa shape index (κ1) is 28.3. The monoisotopic (exact) mass is 567 g/mol. The van der Waals surface area contributed by atoms with Gasteiger partial charge in [-0.3, -0.25) is 19.6 Å². The molecule has 0 fully saturated rings. The van der Waals surface area contributed by atoms with Gasteiger partial charge in [-0.1, -0.05) is 37.3 Å². The first-order valence-electron chi connectivity index (χ1n) is 13.5. The Balaban J connectivity index is 1.27. The maximum absolute atomic E-state index is 15.1. The Hall–Kier alpha value is -4.27. The van der Waals surface area contributed by atoms with Crippen molar-refractivity contribution in [3.63, 3.8) is 0 Å². The van der Waals surface area contributed by atoms with Crippen molar-refractivity contribution < 1.29 is 18.7 Å². The molecule has 5 aromatic rings. The van der Waals surface area contributed by atoms with E-state index in [1.165, 1.54) is 24.3 Å². The number of thiophene rings is 1. The number of benzene rings is 2. The molecule has 0 unspecified atom stereocenters. The predicted octanol–water partition coefficient (Wildman–Crippen LogP) is 7.35. The maximum atomic E-state index is 15.1. The molecular weight excluding hydrogens is 537 g/mol. The zero-order valence-electron chi connectivity index (χ0n) is 22.9. The summed E-state index contributed by atoms with van der Waals surface area (Å²) in [4.78, 5) is 34.3. The zero-order chi connectivity index (χ0) is 28.8. The van der Waals surface area contributed by atoms with Gasteiger partial charge in [-0.15, -0.1) is 11.3 Å². The molecule has 1 N–H and O–H groups in total. The van der Waals surface area contributed by atoms with Crippen molar-refractivity contribution >= 4 is 33.1 Å². The molecule has 0 aliphatic rings. The highest BCUT2D eigenvalue weighted by atomic mass is 32.1. The number of Topliss-reactive ketones (excluding diaryl/α,β-unsaturated/α-hetero) is 2. The molecule has 208 valence electrons. The molecular formula is C33H30FN3O3S. The highest BCUT2D eigenvalue weighted by molar-refractivity contribution is 7.22. The summed E-state index contributed by atoms with van der Waals surface area (Å²) in [6, 6.07) is 19.3. The average Bonchev–Trinajstić information content (AvgIpc) is 3.40. The summed E-state index contributed by atoms with van der Waals surface area (Å²) in [5.41, 5.74) is 4.58. The standard InChI is InChI=1S/C33H30FN3O3S/c1-3-12-35-19-24-7-9-28(37-20-24)32-18-29-33(41-32)31(11-13-36-29)40-30-10-8-23(17-27(30)34)16-26(39)15-22-5-4-6-25(14-22)21(2)38/h4-11,13-14,17-18,20,35H,3,12,15-16,19H2,1-2H3. The molecule has 0 aliphatic carbocycles. The van der Waals surface area contributed by atoms with E-state index in [1.807, 2.05) is 24.4 Å². The molecule has 0 saturated heterocycles. The summed E-state index contributed by atoms with van der Waals surface area (Å²) >= 11 is 1.49. The van der Waals surface area contributed by atoms with Crippen LogP contribution in [0.5, 0.6) is 11.5 Å². The van der Waals surface area contributed by atoms with Crippen molar-refractivity contribution in [3.05, 3.63) is 107 Å². The first-order valence-corrected chi connectivity index (χ1v) is 14.3. The normalized spacial score (nSPS) is 11.1. The van der Waals surface area contributed by atoms with Crippen molar-refractivity contribution in [1.82, 2.24) is 15.3 Å². The molecule has 0 amide bonds. The van der Waals surface area contributed by atoms with Crippen LogP contribution in [-0.4, -0.2) is 28.1 Å². The number of nitrogens with one attached hydrogen (secondary N) is 1. The topological polar surface area (TPSA) is 81.2 Å². The van der Waals surface area contributed by atoms with Gasteiger partial charge in [0.2, 0.25) is 0 Å². The van der Waals surface area contributed by atoms with E-state index in [2.05, 4.69) is 28.3 Å². The number of halogens is 1. The second-order valence-corrected chi connectivity index (χ2v) is 10.9. The molecule has 0 saturated carbocycles. The number of hydrogen-bond acceptors (Lipinski definition) is 7. The Kier molecular flexibility index (Phi) is 8.91. The van der Waals surface area contributed by atoms with Gasteiger partial charge in [-0.2, -0.15) is 0 Å². The predicted molar refractivity (Wildman–Crippen MR) is 160 cm³/mol. The van der Waals surface area contributed by atoms with Gasteiger partial charge in [0, 0.05) is 43.4 Å². The number of pyridine rings is 2. The second-order valence-electron chi connectivity index (χ2n) is 9.88. The largest absolute Gasteiger partial charge is 0.453 e. The fourth-order valence-corrected chi connectivity index (χ4v) is 5.52. The van der Waals surface area contributed by atoms with Crippen LogP contribution in [0, 0.1) is 5.82 Å². The Morgan fingerprint density at radius 3 is 2.46 bits per heavy atom. The molecule has 0 radical (unpaired) electrons. The van der Waals surface area contributed by atoms with E-state index in [0.717, 1.165) is 51.4 Å². The molecule has 8 heteroatoms. The number of hydrogen-bond donors (Lipinski definition) is 1. The fraction of sp³-hybridized carbons (Fsp3) is 0.212. The average molecular weight is 568 g/mol. The van der Waals surface area contributed by atoms with Crippen molar-refractivity contribution in [1.29, 1.82) is 0 Å². The van der Waals surface area contributed by atoms with E-state index in [9.17, 15) is 9.59 Å². The third-order valence-corrected chi connectivity index (χ3v) is 7.72. The van der Waals surface area contributed by atoms with Gasteiger partial charge in [-0.05, 0) is 66.9 Å². The number of rotatable bonds is 12. The molecule has 2 aromatic carbocycles. The summed E-state index contributed by atoms with van der Waals surface area (Å²) in [5.74, 6) is -0.104. The summed E-state index contributed by atoms with van der Waals surface area (Å²) in [5, 5.41) is 3.37. The lowest BCUT2D eigenvalue weighted by atomic mass is 10.0. The smallest absolute Gasteiger partial charge is 0.166 e. The van der Waals surface area contributed by atoms with Crippen molar-refractivity contribution in [3.8, 4) is 22.1 Å². The van der Waals surface area contributed by atoms with Crippen molar-refractivity contribution in [2.75, 3.05) is 6.54 Å². The SMILES string of the molecule is CCCNCc1ccc(-c2cc3nccc(Oc4ccc(CC(=O)Cc5cccc(C(C)=O)c5)cc4F)c3s2)nc1. The fourth-order valence-electron chi connectivity index (χ4n) is 4.48. The maximum Gasteiger partial charge on any atom is 0.166 e. The zero-order valence-corrected chi connectivity index (χ0v) is 23.8. The Bertz CT molecular complexity index is 1700. The molecule has 0 spiro atoms. The van der Waals surface area contributed by atoms with Crippen LogP contribution in [0.3, 0.4) is 0 Å². The molecule has 0 aliphatic heterocycles. The number of ether oxygens (including phenoxy) is 1. The number of aromatic nitrogens is 2. The van der Waals surface area contributed by atoms with Crippen LogP contribution >= 0.6 is 11.3 Å². The third kappa shape index (κ3) is 7.09. The lowest BCUT2D eigenvalue weighted by Gasteiger charge is -2.09. The Labute approximate surface area is 242 Å². The molecule has 3 aromatic heterocycles. The minimum Gasteiger partial charge on any atom is -0.453 e. The number of ketones is 2. The van der Waals surface area contributed by atoms with Gasteiger partial charge < -0.3 is 10.1 Å². The van der Waals surface area contributed by atoms with Crippen LogP contribution in [0.4, 0.5) is 4.39 Å². The van der Waals surface area contributed by atoms with Crippen LogP contribution < -0.4 is 10.1 Å². The van der Waals surface area contributed by atoms with E-state index in [0.29, 0.717) is 16.9 Å². The second kappa shape index (κ2) is 12.9. The quantitative estimate of drug-likeness (QED) is 0.125. The van der Waals surface area contributed by atoms with Crippen LogP contribution in [0.15, 0.2) is 79.1 Å². The number of fused-ring (bicyclic) bond motifs is 1. The molecule has 5 rings (SSSR count). The van der Waals surface area contributed by atoms with Crippen LogP contribution in [0.2, 0.25) is 0 Å². The van der Waals surface area contributed by atoms with Gasteiger partial charge in [0.1, 0.15) is 11.5 Å². The number of carbonyl (C=O) groups is 2. The van der Waals surface area contributed by atoms with Gasteiger partial charge in [0.15, 0.2) is 17.3 Å². The third-order valence-electron chi connectivity index (χ3n) is 6.56. The van der Waals surface area contributed by atoms with E-state index >= 15 is 4.39 Å². The Morgan fingerprint density at radius 2 is 1.73 bits per heavy atom. The number of nitrogens with zero attached hydrogens (tertiary/aromatic N) is 2. The van der Waals surface area contributed by atoms with Gasteiger partial charge in [-0.25, -0.2) is 4.39 Å². The van der Waals surface area contributed by atoms with Crippen molar-refractivity contribution in [2.45, 2.75) is 39.7 Å². The van der Waals surface area contributed by atoms with Gasteiger partial charge in [0.05, 0.1) is 20.8 Å². The van der Waals surface area contributed by atoms with E-state index in [1.54, 1.807) is 42.6 Å². The summed E-state index contributed by atoms with van der Waals surface area (Å²) in [6.07, 6.45) is 4.84. The summed E-state index contributed by atoms with van der Waals surface area (Å²) < 4.78 is 21.9.